The van der Waals surface area contributed by atoms with E-state index in [1.54, 1.807) is 30.3 Å². The van der Waals surface area contributed by atoms with Crippen LogP contribution in [0.15, 0.2) is 30.3 Å². The molecule has 0 aliphatic carbocycles. The second kappa shape index (κ2) is 65.3. The van der Waals surface area contributed by atoms with Gasteiger partial charge in [-0.25, -0.2) is 0 Å². The van der Waals surface area contributed by atoms with E-state index in [1.165, 1.54) is 0 Å². The highest BCUT2D eigenvalue weighted by molar-refractivity contribution is 8.00. The van der Waals surface area contributed by atoms with E-state index >= 15 is 0 Å². The SMILES string of the molecule is N=C(N)NCCC[C@@H]1NC(=O)[C@H](CS)NC(=O)[C@H](CCCCNC(=O)COCC(=O)NCCOCCOCCOCCOCCOCCNC(=O)CO)NC(=O)CSCC(C(=O)NCCOCCOCCOCCNC(=O)COCC(N)=O)NC(=O)[C@H](Cc2ccccc2)NC(=O)[C@H](CS)NC(=O)[C@H](CC(=O)O)NC(=O)CNC1=O. The molecular weight excluding hydrogens is 1580 g/mol. The summed E-state index contributed by atoms with van der Waals surface area (Å²) in [6.45, 7) is 0.912. The van der Waals surface area contributed by atoms with E-state index in [0.717, 1.165) is 11.8 Å². The van der Waals surface area contributed by atoms with Gasteiger partial charge in [-0.3, -0.25) is 77.3 Å². The van der Waals surface area contributed by atoms with Crippen LogP contribution in [0.2, 0.25) is 0 Å². The molecule has 1 aromatic carbocycles. The van der Waals surface area contributed by atoms with E-state index in [4.69, 9.17) is 69.4 Å². The van der Waals surface area contributed by atoms with Gasteiger partial charge in [-0.05, 0) is 37.7 Å². The van der Waals surface area contributed by atoms with Crippen LogP contribution >= 0.6 is 37.0 Å². The number of carboxylic acids is 1. The molecule has 0 spiro atoms. The van der Waals surface area contributed by atoms with E-state index in [1.807, 2.05) is 0 Å². The van der Waals surface area contributed by atoms with Gasteiger partial charge in [0.05, 0.1) is 124 Å². The molecule has 0 radical (unpaired) electrons. The van der Waals surface area contributed by atoms with Crippen LogP contribution in [-0.4, -0.2) is 355 Å². The molecule has 650 valence electrons. The van der Waals surface area contributed by atoms with Crippen LogP contribution in [-0.2, 0) is 126 Å². The summed E-state index contributed by atoms with van der Waals surface area (Å²) >= 11 is 9.36. The third-order valence-electron chi connectivity index (χ3n) is 15.2. The summed E-state index contributed by atoms with van der Waals surface area (Å²) in [6, 6.07) is -2.53. The summed E-state index contributed by atoms with van der Waals surface area (Å²) in [4.78, 5) is 197. The number of nitrogens with two attached hydrogens (primary N) is 2. The average molecular weight is 1700 g/mol. The first-order valence-electron chi connectivity index (χ1n) is 36.9. The highest BCUT2D eigenvalue weighted by Gasteiger charge is 2.34. The lowest BCUT2D eigenvalue weighted by Crippen LogP contribution is -2.60. The van der Waals surface area contributed by atoms with Gasteiger partial charge in [-0.1, -0.05) is 30.3 Å². The van der Waals surface area contributed by atoms with Crippen LogP contribution in [0.5, 0.6) is 0 Å². The number of guanidine groups is 1. The van der Waals surface area contributed by atoms with Crippen LogP contribution in [0.3, 0.4) is 0 Å². The van der Waals surface area contributed by atoms with Crippen molar-refractivity contribution in [2.75, 3.05) is 208 Å². The summed E-state index contributed by atoms with van der Waals surface area (Å²) in [6.07, 6.45) is -1.09. The number of aliphatic carboxylic acids is 1. The van der Waals surface area contributed by atoms with Crippen molar-refractivity contribution in [2.24, 2.45) is 11.5 Å². The first-order chi connectivity index (χ1) is 55.3. The summed E-state index contributed by atoms with van der Waals surface area (Å²) in [5.41, 5.74) is 10.9. The van der Waals surface area contributed by atoms with Gasteiger partial charge in [0.25, 0.3) is 0 Å². The second-order valence-electron chi connectivity index (χ2n) is 24.6. The Balaban J connectivity index is 2.25. The minimum atomic E-state index is -1.88. The Labute approximate surface area is 680 Å². The van der Waals surface area contributed by atoms with Crippen molar-refractivity contribution in [3.63, 3.8) is 0 Å². The minimum Gasteiger partial charge on any atom is -0.481 e. The molecule has 115 heavy (non-hydrogen) atoms. The largest absolute Gasteiger partial charge is 0.481 e. The molecule has 1 unspecified atom stereocenters. The van der Waals surface area contributed by atoms with Crippen molar-refractivity contribution < 1.29 is 129 Å². The molecule has 1 aromatic rings. The number of carbonyl (C=O) groups excluding carboxylic acids is 14. The predicted molar refractivity (Wildman–Crippen MR) is 416 cm³/mol. The fraction of sp³-hybridized carbons (Fsp3) is 0.676. The van der Waals surface area contributed by atoms with Crippen molar-refractivity contribution >= 4 is 132 Å². The van der Waals surface area contributed by atoms with Crippen LogP contribution in [0.25, 0.3) is 0 Å². The van der Waals surface area contributed by atoms with Crippen LogP contribution in [0, 0.1) is 5.41 Å². The molecule has 1 aliphatic heterocycles. The van der Waals surface area contributed by atoms with Gasteiger partial charge < -0.3 is 143 Å². The Morgan fingerprint density at radius 1 is 0.443 bits per heavy atom. The minimum absolute atomic E-state index is 0.0291. The Morgan fingerprint density at radius 2 is 0.843 bits per heavy atom. The maximum Gasteiger partial charge on any atom is 0.305 e. The van der Waals surface area contributed by atoms with Crippen molar-refractivity contribution in [3.8, 4) is 0 Å². The van der Waals surface area contributed by atoms with Gasteiger partial charge in [0.2, 0.25) is 82.7 Å². The number of thioether (sulfide) groups is 1. The molecular formula is C68H113N17O27S3. The first-order valence-corrected chi connectivity index (χ1v) is 39.3. The quantitative estimate of drug-likeness (QED) is 0.0125. The zero-order valence-corrected chi connectivity index (χ0v) is 66.7. The Kier molecular flexibility index (Phi) is 58.1. The fourth-order valence-electron chi connectivity index (χ4n) is 9.56. The number of amides is 14. The molecule has 44 nitrogen and oxygen atoms in total. The zero-order valence-electron chi connectivity index (χ0n) is 64.1. The summed E-state index contributed by atoms with van der Waals surface area (Å²) < 4.78 is 53.7. The van der Waals surface area contributed by atoms with Crippen LogP contribution < -0.4 is 85.9 Å². The van der Waals surface area contributed by atoms with Gasteiger partial charge in [-0.15, -0.1) is 11.8 Å². The lowest BCUT2D eigenvalue weighted by molar-refractivity contribution is -0.141. The summed E-state index contributed by atoms with van der Waals surface area (Å²) in [5.74, 6) is -15.0. The second-order valence-corrected chi connectivity index (χ2v) is 26.4. The third-order valence-corrected chi connectivity index (χ3v) is 17.0. The molecule has 47 heteroatoms. The van der Waals surface area contributed by atoms with Crippen LogP contribution in [0.4, 0.5) is 0 Å². The number of primary amides is 1. The topological polar surface area (TPSA) is 633 Å². The van der Waals surface area contributed by atoms with Gasteiger partial charge in [0.1, 0.15) is 75.3 Å². The van der Waals surface area contributed by atoms with Crippen molar-refractivity contribution in [2.45, 2.75) is 87.2 Å². The Hall–Kier alpha value is -8.85. The van der Waals surface area contributed by atoms with Crippen molar-refractivity contribution in [1.29, 1.82) is 5.41 Å². The average Bonchev–Trinajstić information content (AvgIpc) is 0.960. The molecule has 7 atom stereocenters. The molecule has 0 saturated carbocycles. The van der Waals surface area contributed by atoms with E-state index in [9.17, 15) is 77.0 Å². The molecule has 1 heterocycles. The lowest BCUT2D eigenvalue weighted by Gasteiger charge is -2.26. The number of carboxylic acid groups (broad SMARTS) is 1. The third kappa shape index (κ3) is 53.1. The number of carbonyl (C=O) groups is 15. The maximum absolute atomic E-state index is 14.5. The number of aliphatic hydroxyl groups is 1. The number of ether oxygens (including phenoxy) is 10. The Bertz CT molecular complexity index is 3130. The normalized spacial score (nSPS) is 18.4. The summed E-state index contributed by atoms with van der Waals surface area (Å²) in [7, 11) is 0. The van der Waals surface area contributed by atoms with E-state index < -0.39 is 188 Å². The number of thiol groups is 2. The molecule has 0 bridgehead atoms. The molecule has 14 amide bonds. The number of nitrogens with one attached hydrogen (secondary N) is 15. The van der Waals surface area contributed by atoms with Gasteiger partial charge in [0, 0.05) is 62.9 Å². The highest BCUT2D eigenvalue weighted by Crippen LogP contribution is 2.11. The number of aliphatic hydroxyl groups excluding tert-OH is 1. The molecule has 2 rings (SSSR count). The Morgan fingerprint density at radius 3 is 1.32 bits per heavy atom. The van der Waals surface area contributed by atoms with Gasteiger partial charge >= 0.3 is 5.97 Å². The van der Waals surface area contributed by atoms with Crippen molar-refractivity contribution in [3.05, 3.63) is 35.9 Å². The standard InChI is InChI=1S/C68H113N17O27S3/c69-53(87)37-111-38-57(91)74-14-18-104-22-25-107-28-24-106-20-16-76-62(97)52-43-115-44-59(93)79-47(9-4-5-11-72-56(90)39-112-40-58(92)75-15-19-105-23-27-109-30-32-110-31-29-108-26-21-103-17-13-73-55(89)36-86)63(98)83-50(41-113)66(101)81-46(10-6-12-77-68(70)71)61(96)78-35-54(88)80-49(34-60(94)95)65(100)84-51(42-114)67(102)82-48(64(99)85-52)33-45-7-2-1-3-8-45/h1-3,7-8,46-52,86,113-114H,4-6,9-44H2,(H2,69,87)(H,72,90)(H,73,89)(H,74,91)(H,75,92)(H,76,97)(H,78,96)(H,79,93)(H,80,88)(H,81,101)(H,82,102)(H,83,98)(H,84,100)(H,85,99)(H,94,95)(H4,70,71,77)/t46-,47-,48-,49-,50-,51-,52?/m0/s1. The number of rotatable bonds is 55. The molecule has 1 aliphatic rings. The highest BCUT2D eigenvalue weighted by atomic mass is 32.2. The fourth-order valence-corrected chi connectivity index (χ4v) is 10.9. The molecule has 21 N–H and O–H groups in total. The zero-order chi connectivity index (χ0) is 84.6. The van der Waals surface area contributed by atoms with E-state index in [-0.39, 0.29) is 162 Å². The lowest BCUT2D eigenvalue weighted by atomic mass is 10.0. The number of benzene rings is 1. The maximum atomic E-state index is 14.5. The molecule has 1 fully saturated rings. The molecule has 0 aromatic heterocycles. The van der Waals surface area contributed by atoms with Gasteiger partial charge in [-0.2, -0.15) is 25.3 Å². The first kappa shape index (κ1) is 102. The van der Waals surface area contributed by atoms with Crippen molar-refractivity contribution in [1.82, 2.24) is 74.4 Å². The van der Waals surface area contributed by atoms with E-state index in [0.29, 0.717) is 45.2 Å². The van der Waals surface area contributed by atoms with E-state index in [2.05, 4.69) is 99.7 Å². The van der Waals surface area contributed by atoms with Gasteiger partial charge in [0.15, 0.2) is 5.96 Å². The summed E-state index contributed by atoms with van der Waals surface area (Å²) in [5, 5.41) is 61.2. The number of hydrogen-bond acceptors (Lipinski definition) is 30. The number of hydrogen-bond donors (Lipinski definition) is 21. The van der Waals surface area contributed by atoms with Crippen LogP contribution in [0.1, 0.15) is 44.1 Å². The monoisotopic (exact) mass is 1700 g/mol. The molecule has 1 saturated heterocycles. The number of unbranched alkanes of at least 4 members (excludes halogenated alkanes) is 1. The smallest absolute Gasteiger partial charge is 0.305 e. The predicted octanol–water partition coefficient (Wildman–Crippen LogP) is -9.52.